The highest BCUT2D eigenvalue weighted by atomic mass is 16.5. The molecular formula is C24H27N3O2. The van der Waals surface area contributed by atoms with E-state index in [-0.39, 0.29) is 5.91 Å². The molecule has 0 aliphatic carbocycles. The number of hydrogen-bond donors (Lipinski definition) is 2. The number of carbonyl (C=O) groups excluding carboxylic acids is 1. The Morgan fingerprint density at radius 2 is 1.76 bits per heavy atom. The highest BCUT2D eigenvalue weighted by molar-refractivity contribution is 5.94. The number of pyridine rings is 1. The normalized spacial score (nSPS) is 10.4. The molecule has 0 saturated heterocycles. The predicted octanol–water partition coefficient (Wildman–Crippen LogP) is 4.11. The second-order valence-corrected chi connectivity index (χ2v) is 6.84. The lowest BCUT2D eigenvalue weighted by molar-refractivity contribution is 0.0953. The van der Waals surface area contributed by atoms with E-state index < -0.39 is 0 Å². The number of ether oxygens (including phenoxy) is 1. The highest BCUT2D eigenvalue weighted by Crippen LogP contribution is 2.14. The Morgan fingerprint density at radius 3 is 2.59 bits per heavy atom. The van der Waals surface area contributed by atoms with Gasteiger partial charge in [-0.05, 0) is 48.6 Å². The SMILES string of the molecule is COc1cccc(CCNc2cncc(C(=O)NCCCc3ccccc3)c2)c1. The molecule has 2 N–H and O–H groups in total. The number of methoxy groups -OCH3 is 1. The van der Waals surface area contributed by atoms with Gasteiger partial charge in [0.25, 0.3) is 5.91 Å². The minimum Gasteiger partial charge on any atom is -0.497 e. The van der Waals surface area contributed by atoms with Gasteiger partial charge in [-0.15, -0.1) is 0 Å². The maximum Gasteiger partial charge on any atom is 0.252 e. The number of anilines is 1. The molecule has 0 aliphatic heterocycles. The van der Waals surface area contributed by atoms with E-state index in [1.54, 1.807) is 19.5 Å². The van der Waals surface area contributed by atoms with E-state index in [4.69, 9.17) is 4.74 Å². The summed E-state index contributed by atoms with van der Waals surface area (Å²) in [6, 6.07) is 20.1. The molecule has 0 atom stereocenters. The van der Waals surface area contributed by atoms with Crippen LogP contribution in [0.5, 0.6) is 5.75 Å². The van der Waals surface area contributed by atoms with Gasteiger partial charge in [0.1, 0.15) is 5.75 Å². The van der Waals surface area contributed by atoms with Crippen LogP contribution in [-0.4, -0.2) is 31.1 Å². The molecule has 1 heterocycles. The Kier molecular flexibility index (Phi) is 7.63. The molecule has 0 radical (unpaired) electrons. The molecule has 29 heavy (non-hydrogen) atoms. The standard InChI is InChI=1S/C24H27N3O2/c1-29-23-11-5-9-20(15-23)12-14-26-22-16-21(17-25-18-22)24(28)27-13-6-10-19-7-3-2-4-8-19/h2-5,7-9,11,15-18,26H,6,10,12-14H2,1H3,(H,27,28). The van der Waals surface area contributed by atoms with Gasteiger partial charge < -0.3 is 15.4 Å². The topological polar surface area (TPSA) is 63.2 Å². The summed E-state index contributed by atoms with van der Waals surface area (Å²) < 4.78 is 5.25. The van der Waals surface area contributed by atoms with Gasteiger partial charge >= 0.3 is 0 Å². The van der Waals surface area contributed by atoms with Gasteiger partial charge in [0.15, 0.2) is 0 Å². The molecule has 5 heteroatoms. The van der Waals surface area contributed by atoms with Crippen LogP contribution in [0, 0.1) is 0 Å². The van der Waals surface area contributed by atoms with Crippen LogP contribution in [-0.2, 0) is 12.8 Å². The summed E-state index contributed by atoms with van der Waals surface area (Å²) in [5.41, 5.74) is 3.88. The molecule has 3 aromatic rings. The summed E-state index contributed by atoms with van der Waals surface area (Å²) in [5, 5.41) is 6.30. The first-order valence-electron chi connectivity index (χ1n) is 9.88. The van der Waals surface area contributed by atoms with E-state index >= 15 is 0 Å². The molecule has 0 aliphatic rings. The molecule has 2 aromatic carbocycles. The molecule has 0 fully saturated rings. The fourth-order valence-corrected chi connectivity index (χ4v) is 3.08. The maximum absolute atomic E-state index is 12.4. The number of aryl methyl sites for hydroxylation is 1. The summed E-state index contributed by atoms with van der Waals surface area (Å²) in [6.45, 7) is 1.39. The Hall–Kier alpha value is -3.34. The van der Waals surface area contributed by atoms with E-state index in [0.717, 1.165) is 37.2 Å². The molecule has 1 amide bonds. The zero-order chi connectivity index (χ0) is 20.3. The number of rotatable bonds is 10. The predicted molar refractivity (Wildman–Crippen MR) is 117 cm³/mol. The third-order valence-electron chi connectivity index (χ3n) is 4.65. The van der Waals surface area contributed by atoms with Crippen LogP contribution in [0.1, 0.15) is 27.9 Å². The van der Waals surface area contributed by atoms with E-state index in [1.165, 1.54) is 11.1 Å². The van der Waals surface area contributed by atoms with Crippen molar-refractivity contribution in [1.29, 1.82) is 0 Å². The minimum absolute atomic E-state index is 0.0954. The number of carbonyl (C=O) groups is 1. The smallest absolute Gasteiger partial charge is 0.252 e. The highest BCUT2D eigenvalue weighted by Gasteiger charge is 2.06. The Labute approximate surface area is 172 Å². The zero-order valence-corrected chi connectivity index (χ0v) is 16.7. The quantitative estimate of drug-likeness (QED) is 0.512. The molecular weight excluding hydrogens is 362 g/mol. The second-order valence-electron chi connectivity index (χ2n) is 6.84. The third-order valence-corrected chi connectivity index (χ3v) is 4.65. The fourth-order valence-electron chi connectivity index (χ4n) is 3.08. The maximum atomic E-state index is 12.4. The Balaban J connectivity index is 1.43. The van der Waals surface area contributed by atoms with Crippen molar-refractivity contribution in [3.8, 4) is 5.75 Å². The number of benzene rings is 2. The number of amides is 1. The van der Waals surface area contributed by atoms with Crippen LogP contribution in [0.25, 0.3) is 0 Å². The molecule has 0 bridgehead atoms. The van der Waals surface area contributed by atoms with Crippen molar-refractivity contribution in [3.05, 3.63) is 89.7 Å². The van der Waals surface area contributed by atoms with Crippen molar-refractivity contribution >= 4 is 11.6 Å². The van der Waals surface area contributed by atoms with Crippen molar-refractivity contribution in [1.82, 2.24) is 10.3 Å². The Bertz CT molecular complexity index is 913. The molecule has 1 aromatic heterocycles. The average molecular weight is 389 g/mol. The van der Waals surface area contributed by atoms with Crippen LogP contribution in [0.15, 0.2) is 73.1 Å². The monoisotopic (exact) mass is 389 g/mol. The number of nitrogens with one attached hydrogen (secondary N) is 2. The van der Waals surface area contributed by atoms with Gasteiger partial charge in [0.05, 0.1) is 18.4 Å². The lowest BCUT2D eigenvalue weighted by Gasteiger charge is -2.09. The minimum atomic E-state index is -0.0954. The van der Waals surface area contributed by atoms with Gasteiger partial charge in [0, 0.05) is 25.5 Å². The van der Waals surface area contributed by atoms with Crippen LogP contribution in [0.4, 0.5) is 5.69 Å². The van der Waals surface area contributed by atoms with Crippen LogP contribution >= 0.6 is 0 Å². The molecule has 0 saturated carbocycles. The summed E-state index contributed by atoms with van der Waals surface area (Å²) >= 11 is 0. The fraction of sp³-hybridized carbons (Fsp3) is 0.250. The lowest BCUT2D eigenvalue weighted by atomic mass is 10.1. The van der Waals surface area contributed by atoms with E-state index in [0.29, 0.717) is 12.1 Å². The number of nitrogens with zero attached hydrogens (tertiary/aromatic N) is 1. The van der Waals surface area contributed by atoms with Crippen molar-refractivity contribution < 1.29 is 9.53 Å². The summed E-state index contributed by atoms with van der Waals surface area (Å²) in [4.78, 5) is 16.6. The second kappa shape index (κ2) is 10.9. The molecule has 3 rings (SSSR count). The average Bonchev–Trinajstić information content (AvgIpc) is 2.77. The first-order valence-corrected chi connectivity index (χ1v) is 9.88. The Morgan fingerprint density at radius 1 is 0.931 bits per heavy atom. The number of hydrogen-bond acceptors (Lipinski definition) is 4. The van der Waals surface area contributed by atoms with Crippen LogP contribution in [0.2, 0.25) is 0 Å². The van der Waals surface area contributed by atoms with Gasteiger partial charge in [-0.25, -0.2) is 0 Å². The van der Waals surface area contributed by atoms with Crippen molar-refractivity contribution in [2.75, 3.05) is 25.5 Å². The van der Waals surface area contributed by atoms with Crippen molar-refractivity contribution in [2.45, 2.75) is 19.3 Å². The zero-order valence-electron chi connectivity index (χ0n) is 16.7. The lowest BCUT2D eigenvalue weighted by Crippen LogP contribution is -2.25. The molecule has 0 spiro atoms. The number of aromatic nitrogens is 1. The van der Waals surface area contributed by atoms with Gasteiger partial charge in [-0.3, -0.25) is 9.78 Å². The summed E-state index contributed by atoms with van der Waals surface area (Å²) in [7, 11) is 1.67. The largest absolute Gasteiger partial charge is 0.497 e. The third kappa shape index (κ3) is 6.64. The first-order chi connectivity index (χ1) is 14.2. The van der Waals surface area contributed by atoms with Crippen LogP contribution < -0.4 is 15.4 Å². The van der Waals surface area contributed by atoms with E-state index in [2.05, 4.69) is 33.8 Å². The first kappa shape index (κ1) is 20.4. The summed E-state index contributed by atoms with van der Waals surface area (Å²) in [6.07, 6.45) is 6.04. The van der Waals surface area contributed by atoms with Crippen LogP contribution in [0.3, 0.4) is 0 Å². The van der Waals surface area contributed by atoms with Crippen molar-refractivity contribution in [3.63, 3.8) is 0 Å². The van der Waals surface area contributed by atoms with E-state index in [9.17, 15) is 4.79 Å². The van der Waals surface area contributed by atoms with Gasteiger partial charge in [0.2, 0.25) is 0 Å². The molecule has 5 nitrogen and oxygen atoms in total. The summed E-state index contributed by atoms with van der Waals surface area (Å²) in [5.74, 6) is 0.761. The van der Waals surface area contributed by atoms with Crippen molar-refractivity contribution in [2.24, 2.45) is 0 Å². The molecule has 150 valence electrons. The van der Waals surface area contributed by atoms with E-state index in [1.807, 2.05) is 42.5 Å². The van der Waals surface area contributed by atoms with Gasteiger partial charge in [-0.1, -0.05) is 42.5 Å². The van der Waals surface area contributed by atoms with Gasteiger partial charge in [-0.2, -0.15) is 0 Å². The molecule has 0 unspecified atom stereocenters.